The second kappa shape index (κ2) is 11.5. The molecule has 4 rings (SSSR count). The van der Waals surface area contributed by atoms with Gasteiger partial charge in [-0.15, -0.1) is 0 Å². The van der Waals surface area contributed by atoms with E-state index in [1.807, 2.05) is 17.0 Å². The molecule has 1 atom stereocenters. The van der Waals surface area contributed by atoms with Crippen LogP contribution in [0.15, 0.2) is 48.5 Å². The van der Waals surface area contributed by atoms with Crippen molar-refractivity contribution in [1.82, 2.24) is 10.2 Å². The molecule has 1 fully saturated rings. The van der Waals surface area contributed by atoms with Gasteiger partial charge in [-0.3, -0.25) is 9.59 Å². The zero-order chi connectivity index (χ0) is 24.8. The second-order valence-corrected chi connectivity index (χ2v) is 10.9. The fourth-order valence-electron chi connectivity index (χ4n) is 5.40. The number of piperidine rings is 1. The third kappa shape index (κ3) is 6.38. The first kappa shape index (κ1) is 25.6. The summed E-state index contributed by atoms with van der Waals surface area (Å²) in [6.45, 7) is 5.99. The molecule has 35 heavy (non-hydrogen) atoms. The molecule has 2 aliphatic heterocycles. The van der Waals surface area contributed by atoms with Gasteiger partial charge in [-0.2, -0.15) is 0 Å². The van der Waals surface area contributed by atoms with Gasteiger partial charge in [0.05, 0.1) is 11.5 Å². The average molecular weight is 497 g/mol. The van der Waals surface area contributed by atoms with Crippen LogP contribution in [0.1, 0.15) is 68.3 Å². The number of likely N-dealkylation sites (tertiary alicyclic amines) is 1. The zero-order valence-electron chi connectivity index (χ0n) is 20.9. The molecule has 6 heteroatoms. The largest absolute Gasteiger partial charge is 0.491 e. The summed E-state index contributed by atoms with van der Waals surface area (Å²) in [5.41, 5.74) is 1.44. The number of hydrogen-bond acceptors (Lipinski definition) is 3. The third-order valence-electron chi connectivity index (χ3n) is 7.44. The Morgan fingerprint density at radius 1 is 1.09 bits per heavy atom. The number of benzene rings is 2. The Kier molecular flexibility index (Phi) is 8.38. The fourth-order valence-corrected chi connectivity index (χ4v) is 5.53. The highest BCUT2D eigenvalue weighted by molar-refractivity contribution is 6.30. The van der Waals surface area contributed by atoms with Gasteiger partial charge in [-0.25, -0.2) is 0 Å². The summed E-state index contributed by atoms with van der Waals surface area (Å²) < 4.78 is 6.23. The van der Waals surface area contributed by atoms with E-state index in [0.29, 0.717) is 49.0 Å². The minimum Gasteiger partial charge on any atom is -0.491 e. The molecule has 2 aliphatic rings. The summed E-state index contributed by atoms with van der Waals surface area (Å²) in [5, 5.41) is 3.97. The van der Waals surface area contributed by atoms with Crippen molar-refractivity contribution in [2.45, 2.75) is 64.8 Å². The van der Waals surface area contributed by atoms with Crippen LogP contribution >= 0.6 is 11.6 Å². The SMILES string of the molecule is CC(C)C[C@H]1COc2ccccc2CCCCC2(CCN(C(=O)c3ccc(Cl)cc3)CC2)C(=O)N1. The number of rotatable bonds is 3. The van der Waals surface area contributed by atoms with E-state index >= 15 is 0 Å². The highest BCUT2D eigenvalue weighted by atomic mass is 35.5. The smallest absolute Gasteiger partial charge is 0.253 e. The van der Waals surface area contributed by atoms with Crippen LogP contribution in [0.2, 0.25) is 5.02 Å². The Hall–Kier alpha value is -2.53. The Bertz CT molecular complexity index is 1010. The van der Waals surface area contributed by atoms with E-state index in [-0.39, 0.29) is 17.9 Å². The molecule has 0 aromatic heterocycles. The number of halogens is 1. The van der Waals surface area contributed by atoms with E-state index in [0.717, 1.165) is 37.9 Å². The number of nitrogens with zero attached hydrogens (tertiary/aromatic N) is 1. The van der Waals surface area contributed by atoms with Crippen LogP contribution in [0.4, 0.5) is 0 Å². The molecular weight excluding hydrogens is 460 g/mol. The van der Waals surface area contributed by atoms with Crippen molar-refractivity contribution in [1.29, 1.82) is 0 Å². The number of fused-ring (bicyclic) bond motifs is 1. The Morgan fingerprint density at radius 3 is 2.51 bits per heavy atom. The molecule has 0 radical (unpaired) electrons. The quantitative estimate of drug-likeness (QED) is 0.575. The number of nitrogens with one attached hydrogen (secondary N) is 1. The van der Waals surface area contributed by atoms with Crippen LogP contribution < -0.4 is 10.1 Å². The van der Waals surface area contributed by atoms with E-state index in [9.17, 15) is 9.59 Å². The van der Waals surface area contributed by atoms with Crippen LogP contribution in [0.3, 0.4) is 0 Å². The van der Waals surface area contributed by atoms with Gasteiger partial charge in [0.15, 0.2) is 0 Å². The maximum absolute atomic E-state index is 13.7. The normalized spacial score (nSPS) is 20.9. The van der Waals surface area contributed by atoms with Gasteiger partial charge in [0.25, 0.3) is 5.91 Å². The zero-order valence-corrected chi connectivity index (χ0v) is 21.7. The van der Waals surface area contributed by atoms with E-state index in [4.69, 9.17) is 16.3 Å². The second-order valence-electron chi connectivity index (χ2n) is 10.5. The number of aryl methyl sites for hydroxylation is 1. The molecule has 2 aromatic carbocycles. The lowest BCUT2D eigenvalue weighted by Crippen LogP contribution is -2.53. The maximum atomic E-state index is 13.7. The summed E-state index contributed by atoms with van der Waals surface area (Å²) in [7, 11) is 0. The van der Waals surface area contributed by atoms with Crippen molar-refractivity contribution < 1.29 is 14.3 Å². The molecule has 1 N–H and O–H groups in total. The number of ether oxygens (including phenoxy) is 1. The Balaban J connectivity index is 1.49. The van der Waals surface area contributed by atoms with Gasteiger partial charge >= 0.3 is 0 Å². The average Bonchev–Trinajstić information content (AvgIpc) is 2.85. The van der Waals surface area contributed by atoms with E-state index in [1.165, 1.54) is 5.56 Å². The number of para-hydroxylation sites is 1. The molecule has 0 bridgehead atoms. The number of carbonyl (C=O) groups is 2. The number of hydrogen-bond donors (Lipinski definition) is 1. The molecule has 2 aromatic rings. The standard InChI is InChI=1S/C29H37ClN2O3/c1-21(2)19-25-20-35-26-9-4-3-7-22(26)8-5-6-14-29(28(34)31-25)15-17-32(18-16-29)27(33)23-10-12-24(30)13-11-23/h3-4,7,9-13,21,25H,5-6,8,14-20H2,1-2H3,(H,31,34)/t25-/m0/s1. The van der Waals surface area contributed by atoms with Crippen molar-refractivity contribution in [3.63, 3.8) is 0 Å². The first-order valence-corrected chi connectivity index (χ1v) is 13.3. The summed E-state index contributed by atoms with van der Waals surface area (Å²) in [4.78, 5) is 28.6. The Morgan fingerprint density at radius 2 is 1.80 bits per heavy atom. The monoisotopic (exact) mass is 496 g/mol. The Labute approximate surface area is 214 Å². The first-order valence-electron chi connectivity index (χ1n) is 12.9. The van der Waals surface area contributed by atoms with Gasteiger partial charge in [0.2, 0.25) is 5.91 Å². The van der Waals surface area contributed by atoms with Crippen molar-refractivity contribution >= 4 is 23.4 Å². The highest BCUT2D eigenvalue weighted by Gasteiger charge is 2.42. The first-order chi connectivity index (χ1) is 16.9. The lowest BCUT2D eigenvalue weighted by molar-refractivity contribution is -0.135. The molecule has 0 unspecified atom stereocenters. The third-order valence-corrected chi connectivity index (χ3v) is 7.69. The molecule has 2 heterocycles. The summed E-state index contributed by atoms with van der Waals surface area (Å²) in [6, 6.07) is 15.2. The molecule has 1 saturated heterocycles. The van der Waals surface area contributed by atoms with Crippen molar-refractivity contribution in [3.05, 3.63) is 64.7 Å². The van der Waals surface area contributed by atoms with Crippen molar-refractivity contribution in [2.75, 3.05) is 19.7 Å². The lowest BCUT2D eigenvalue weighted by atomic mass is 9.73. The van der Waals surface area contributed by atoms with Crippen LogP contribution in [0.25, 0.3) is 0 Å². The molecule has 0 aliphatic carbocycles. The summed E-state index contributed by atoms with van der Waals surface area (Å²) in [6.07, 6.45) is 6.02. The van der Waals surface area contributed by atoms with Crippen molar-refractivity contribution in [2.24, 2.45) is 11.3 Å². The highest BCUT2D eigenvalue weighted by Crippen LogP contribution is 2.38. The predicted octanol–water partition coefficient (Wildman–Crippen LogP) is 5.90. The molecular formula is C29H37ClN2O3. The molecule has 5 nitrogen and oxygen atoms in total. The van der Waals surface area contributed by atoms with Gasteiger partial charge in [-0.1, -0.05) is 50.1 Å². The predicted molar refractivity (Wildman–Crippen MR) is 140 cm³/mol. The van der Waals surface area contributed by atoms with E-state index < -0.39 is 5.41 Å². The van der Waals surface area contributed by atoms with Crippen LogP contribution in [0, 0.1) is 11.3 Å². The van der Waals surface area contributed by atoms with E-state index in [1.54, 1.807) is 24.3 Å². The fraction of sp³-hybridized carbons (Fsp3) is 0.517. The minimum absolute atomic E-state index is 0.00719. The molecule has 1 spiro atoms. The minimum atomic E-state index is -0.440. The van der Waals surface area contributed by atoms with Gasteiger partial charge in [-0.05, 0) is 80.3 Å². The number of amides is 2. The van der Waals surface area contributed by atoms with Crippen LogP contribution in [0.5, 0.6) is 5.75 Å². The summed E-state index contributed by atoms with van der Waals surface area (Å²) >= 11 is 5.98. The van der Waals surface area contributed by atoms with Gasteiger partial charge in [0, 0.05) is 23.7 Å². The summed E-state index contributed by atoms with van der Waals surface area (Å²) in [5.74, 6) is 1.51. The lowest BCUT2D eigenvalue weighted by Gasteiger charge is -2.42. The van der Waals surface area contributed by atoms with Crippen LogP contribution in [-0.2, 0) is 11.2 Å². The molecule has 0 saturated carbocycles. The number of carbonyl (C=O) groups excluding carboxylic acids is 2. The molecule has 2 amide bonds. The van der Waals surface area contributed by atoms with Crippen LogP contribution in [-0.4, -0.2) is 42.5 Å². The van der Waals surface area contributed by atoms with Crippen molar-refractivity contribution in [3.8, 4) is 5.75 Å². The topological polar surface area (TPSA) is 58.6 Å². The van der Waals surface area contributed by atoms with E-state index in [2.05, 4.69) is 31.3 Å². The van der Waals surface area contributed by atoms with Gasteiger partial charge < -0.3 is 15.0 Å². The molecule has 188 valence electrons. The van der Waals surface area contributed by atoms with Gasteiger partial charge in [0.1, 0.15) is 12.4 Å². The maximum Gasteiger partial charge on any atom is 0.253 e.